The van der Waals surface area contributed by atoms with Crippen molar-refractivity contribution in [1.82, 2.24) is 0 Å². The Kier molecular flexibility index (Phi) is 5.02. The molecule has 1 aliphatic heterocycles. The van der Waals surface area contributed by atoms with Crippen molar-refractivity contribution < 1.29 is 14.6 Å². The quantitative estimate of drug-likeness (QED) is 0.873. The van der Waals surface area contributed by atoms with Gasteiger partial charge in [0, 0.05) is 18.8 Å². The maximum atomic E-state index is 9.95. The number of hydrogen-bond acceptors (Lipinski definition) is 3. The summed E-state index contributed by atoms with van der Waals surface area (Å²) in [7, 11) is 0. The van der Waals surface area contributed by atoms with Crippen LogP contribution in [0.3, 0.4) is 0 Å². The molecule has 1 fully saturated rings. The van der Waals surface area contributed by atoms with Crippen molar-refractivity contribution in [3.63, 3.8) is 0 Å². The second-order valence-electron chi connectivity index (χ2n) is 4.83. The van der Waals surface area contributed by atoms with Crippen molar-refractivity contribution in [1.29, 1.82) is 0 Å². The van der Waals surface area contributed by atoms with E-state index in [1.807, 2.05) is 31.2 Å². The second-order valence-corrected chi connectivity index (χ2v) is 4.83. The highest BCUT2D eigenvalue weighted by molar-refractivity contribution is 5.35. The van der Waals surface area contributed by atoms with Gasteiger partial charge in [-0.15, -0.1) is 0 Å². The predicted octanol–water partition coefficient (Wildman–Crippen LogP) is 2.94. The van der Waals surface area contributed by atoms with E-state index in [1.54, 1.807) is 0 Å². The summed E-state index contributed by atoms with van der Waals surface area (Å²) in [4.78, 5) is 0. The topological polar surface area (TPSA) is 38.7 Å². The first-order valence-electron chi connectivity index (χ1n) is 6.78. The van der Waals surface area contributed by atoms with Crippen molar-refractivity contribution >= 4 is 0 Å². The van der Waals surface area contributed by atoms with Crippen LogP contribution in [0, 0.1) is 5.92 Å². The molecule has 1 unspecified atom stereocenters. The summed E-state index contributed by atoms with van der Waals surface area (Å²) in [6, 6.07) is 7.77. The molecule has 3 nitrogen and oxygen atoms in total. The molecule has 0 saturated carbocycles. The first-order chi connectivity index (χ1) is 8.81. The van der Waals surface area contributed by atoms with Gasteiger partial charge in [0.1, 0.15) is 5.75 Å². The van der Waals surface area contributed by atoms with Crippen LogP contribution in [0.2, 0.25) is 0 Å². The number of aliphatic hydroxyl groups excluding tert-OH is 1. The van der Waals surface area contributed by atoms with E-state index < -0.39 is 6.10 Å². The number of benzene rings is 1. The molecule has 1 heterocycles. The molecule has 0 aliphatic carbocycles. The van der Waals surface area contributed by atoms with Gasteiger partial charge in [-0.3, -0.25) is 0 Å². The second kappa shape index (κ2) is 6.76. The normalized spacial score (nSPS) is 18.6. The van der Waals surface area contributed by atoms with Crippen LogP contribution in [0.1, 0.15) is 37.9 Å². The van der Waals surface area contributed by atoms with Crippen LogP contribution in [0.4, 0.5) is 0 Å². The third kappa shape index (κ3) is 3.47. The zero-order chi connectivity index (χ0) is 12.8. The van der Waals surface area contributed by atoms with Gasteiger partial charge in [0.25, 0.3) is 0 Å². The highest BCUT2D eigenvalue weighted by Crippen LogP contribution is 2.28. The lowest BCUT2D eigenvalue weighted by Gasteiger charge is -2.23. The zero-order valence-corrected chi connectivity index (χ0v) is 11.0. The first-order valence-corrected chi connectivity index (χ1v) is 6.78. The van der Waals surface area contributed by atoms with Crippen molar-refractivity contribution in [2.24, 2.45) is 5.92 Å². The zero-order valence-electron chi connectivity index (χ0n) is 11.0. The Morgan fingerprint density at radius 1 is 1.33 bits per heavy atom. The van der Waals surface area contributed by atoms with Crippen LogP contribution in [0.25, 0.3) is 0 Å². The number of rotatable bonds is 5. The Balaban J connectivity index is 1.95. The van der Waals surface area contributed by atoms with Gasteiger partial charge in [0.15, 0.2) is 0 Å². The van der Waals surface area contributed by atoms with Gasteiger partial charge in [-0.2, -0.15) is 0 Å². The Labute approximate surface area is 109 Å². The van der Waals surface area contributed by atoms with Gasteiger partial charge in [0.05, 0.1) is 12.7 Å². The van der Waals surface area contributed by atoms with Crippen LogP contribution >= 0.6 is 0 Å². The van der Waals surface area contributed by atoms with Crippen LogP contribution < -0.4 is 4.74 Å². The summed E-state index contributed by atoms with van der Waals surface area (Å²) in [6.45, 7) is 4.37. The number of para-hydroxylation sites is 1. The molecular weight excluding hydrogens is 228 g/mol. The molecule has 0 radical (unpaired) electrons. The molecule has 0 amide bonds. The van der Waals surface area contributed by atoms with Crippen molar-refractivity contribution in [3.05, 3.63) is 29.8 Å². The summed E-state index contributed by atoms with van der Waals surface area (Å²) in [5.41, 5.74) is 0.895. The van der Waals surface area contributed by atoms with E-state index in [1.165, 1.54) is 0 Å². The van der Waals surface area contributed by atoms with E-state index in [-0.39, 0.29) is 0 Å². The predicted molar refractivity (Wildman–Crippen MR) is 70.7 cm³/mol. The van der Waals surface area contributed by atoms with E-state index >= 15 is 0 Å². The van der Waals surface area contributed by atoms with Gasteiger partial charge in [-0.25, -0.2) is 0 Å². The average molecular weight is 250 g/mol. The molecule has 0 bridgehead atoms. The molecule has 1 atom stereocenters. The lowest BCUT2D eigenvalue weighted by molar-refractivity contribution is 0.0490. The number of hydrogen-bond donors (Lipinski definition) is 1. The molecule has 18 heavy (non-hydrogen) atoms. The van der Waals surface area contributed by atoms with Gasteiger partial charge >= 0.3 is 0 Å². The smallest absolute Gasteiger partial charge is 0.125 e. The number of aliphatic hydroxyl groups is 1. The van der Waals surface area contributed by atoms with Crippen LogP contribution in [0.15, 0.2) is 24.3 Å². The molecule has 2 rings (SSSR count). The highest BCUT2D eigenvalue weighted by Gasteiger charge is 2.16. The molecule has 1 aromatic rings. The minimum Gasteiger partial charge on any atom is -0.493 e. The van der Waals surface area contributed by atoms with Crippen molar-refractivity contribution in [2.75, 3.05) is 19.8 Å². The van der Waals surface area contributed by atoms with Crippen LogP contribution in [-0.4, -0.2) is 24.9 Å². The molecule has 1 aromatic carbocycles. The largest absolute Gasteiger partial charge is 0.493 e. The fourth-order valence-corrected chi connectivity index (χ4v) is 2.23. The molecule has 0 aromatic heterocycles. The lowest BCUT2D eigenvalue weighted by Crippen LogP contribution is -2.21. The monoisotopic (exact) mass is 250 g/mol. The molecule has 3 heteroatoms. The van der Waals surface area contributed by atoms with E-state index in [9.17, 15) is 5.11 Å². The van der Waals surface area contributed by atoms with Crippen molar-refractivity contribution in [2.45, 2.75) is 32.3 Å². The van der Waals surface area contributed by atoms with Gasteiger partial charge in [-0.1, -0.05) is 25.1 Å². The van der Waals surface area contributed by atoms with E-state index in [2.05, 4.69) is 0 Å². The number of ether oxygens (including phenoxy) is 2. The maximum absolute atomic E-state index is 9.95. The SMILES string of the molecule is CCC(O)c1ccccc1OCC1CCOCC1. The van der Waals surface area contributed by atoms with Gasteiger partial charge in [-0.05, 0) is 31.2 Å². The first kappa shape index (κ1) is 13.4. The Hall–Kier alpha value is -1.06. The fourth-order valence-electron chi connectivity index (χ4n) is 2.23. The molecule has 100 valence electrons. The van der Waals surface area contributed by atoms with E-state index in [4.69, 9.17) is 9.47 Å². The Morgan fingerprint density at radius 3 is 2.78 bits per heavy atom. The molecule has 1 N–H and O–H groups in total. The maximum Gasteiger partial charge on any atom is 0.125 e. The van der Waals surface area contributed by atoms with Crippen molar-refractivity contribution in [3.8, 4) is 5.75 Å². The molecule has 0 spiro atoms. The summed E-state index contributed by atoms with van der Waals surface area (Å²) in [5.74, 6) is 1.39. The van der Waals surface area contributed by atoms with E-state index in [0.29, 0.717) is 12.3 Å². The summed E-state index contributed by atoms with van der Waals surface area (Å²) >= 11 is 0. The summed E-state index contributed by atoms with van der Waals surface area (Å²) < 4.78 is 11.2. The van der Waals surface area contributed by atoms with E-state index in [0.717, 1.165) is 44.0 Å². The average Bonchev–Trinajstić information content (AvgIpc) is 2.45. The minimum atomic E-state index is -0.434. The fraction of sp³-hybridized carbons (Fsp3) is 0.600. The third-order valence-electron chi connectivity index (χ3n) is 3.48. The summed E-state index contributed by atoms with van der Waals surface area (Å²) in [5, 5.41) is 9.95. The molecule has 1 aliphatic rings. The van der Waals surface area contributed by atoms with Gasteiger partial charge in [0.2, 0.25) is 0 Å². The van der Waals surface area contributed by atoms with Gasteiger partial charge < -0.3 is 14.6 Å². The lowest BCUT2D eigenvalue weighted by atomic mass is 10.0. The third-order valence-corrected chi connectivity index (χ3v) is 3.48. The Bertz CT molecular complexity index is 359. The highest BCUT2D eigenvalue weighted by atomic mass is 16.5. The van der Waals surface area contributed by atoms with Crippen LogP contribution in [-0.2, 0) is 4.74 Å². The van der Waals surface area contributed by atoms with Crippen LogP contribution in [0.5, 0.6) is 5.75 Å². The molecular formula is C15H22O3. The standard InChI is InChI=1S/C15H22O3/c1-2-14(16)13-5-3-4-6-15(13)18-11-12-7-9-17-10-8-12/h3-6,12,14,16H,2,7-11H2,1H3. The molecule has 1 saturated heterocycles. The Morgan fingerprint density at radius 2 is 2.06 bits per heavy atom. The summed E-state index contributed by atoms with van der Waals surface area (Å²) in [6.07, 6.45) is 2.41. The minimum absolute atomic E-state index is 0.434.